The summed E-state index contributed by atoms with van der Waals surface area (Å²) >= 11 is 0. The number of methoxy groups -OCH3 is 1. The standard InChI is InChI=1S/C24H23NO4/c1-29-22(19-15-9-4-10-16-19)23(26)25-21(24(27)28)20(17-11-5-2-6-12-17)18-13-7-3-8-14-18/h2-16,20-22H,1H3,(H,25,26)(H,27,28)/t21-,22-/m0/s1. The zero-order valence-electron chi connectivity index (χ0n) is 16.1. The lowest BCUT2D eigenvalue weighted by Gasteiger charge is -2.27. The van der Waals surface area contributed by atoms with Crippen molar-refractivity contribution in [2.24, 2.45) is 0 Å². The molecule has 0 aromatic heterocycles. The van der Waals surface area contributed by atoms with Gasteiger partial charge in [-0.25, -0.2) is 4.79 Å². The molecule has 3 rings (SSSR count). The molecule has 5 nitrogen and oxygen atoms in total. The average molecular weight is 389 g/mol. The van der Waals surface area contributed by atoms with Crippen LogP contribution in [0.2, 0.25) is 0 Å². The fraction of sp³-hybridized carbons (Fsp3) is 0.167. The summed E-state index contributed by atoms with van der Waals surface area (Å²) in [6.07, 6.45) is -0.898. The fourth-order valence-corrected chi connectivity index (χ4v) is 3.44. The second kappa shape index (κ2) is 9.66. The lowest BCUT2D eigenvalue weighted by Crippen LogP contribution is -2.47. The van der Waals surface area contributed by atoms with Crippen molar-refractivity contribution in [2.45, 2.75) is 18.1 Å². The molecule has 0 spiro atoms. The molecule has 2 atom stereocenters. The topological polar surface area (TPSA) is 75.6 Å². The highest BCUT2D eigenvalue weighted by atomic mass is 16.5. The van der Waals surface area contributed by atoms with Crippen LogP contribution in [0.5, 0.6) is 0 Å². The third-order valence-corrected chi connectivity index (χ3v) is 4.79. The smallest absolute Gasteiger partial charge is 0.327 e. The summed E-state index contributed by atoms with van der Waals surface area (Å²) in [5.74, 6) is -2.16. The van der Waals surface area contributed by atoms with E-state index in [4.69, 9.17) is 4.74 Å². The Morgan fingerprint density at radius 3 is 1.55 bits per heavy atom. The number of benzene rings is 3. The Morgan fingerprint density at radius 2 is 1.17 bits per heavy atom. The average Bonchev–Trinajstić information content (AvgIpc) is 2.76. The Morgan fingerprint density at radius 1 is 0.759 bits per heavy atom. The lowest BCUT2D eigenvalue weighted by molar-refractivity contribution is -0.144. The Balaban J connectivity index is 1.95. The normalized spacial score (nSPS) is 12.9. The monoisotopic (exact) mass is 389 g/mol. The van der Waals surface area contributed by atoms with Crippen LogP contribution in [0.1, 0.15) is 28.7 Å². The molecule has 0 aliphatic carbocycles. The molecule has 0 bridgehead atoms. The summed E-state index contributed by atoms with van der Waals surface area (Å²) in [6.45, 7) is 0. The van der Waals surface area contributed by atoms with Crippen molar-refractivity contribution >= 4 is 11.9 Å². The molecule has 3 aromatic carbocycles. The Bertz CT molecular complexity index is 889. The third kappa shape index (κ3) is 4.89. The van der Waals surface area contributed by atoms with Gasteiger partial charge in [-0.05, 0) is 16.7 Å². The molecule has 0 unspecified atom stereocenters. The lowest BCUT2D eigenvalue weighted by atomic mass is 9.84. The zero-order valence-corrected chi connectivity index (χ0v) is 16.1. The van der Waals surface area contributed by atoms with E-state index in [0.29, 0.717) is 5.56 Å². The first kappa shape index (κ1) is 20.3. The number of hydrogen-bond acceptors (Lipinski definition) is 3. The van der Waals surface area contributed by atoms with Gasteiger partial charge in [0.15, 0.2) is 6.10 Å². The van der Waals surface area contributed by atoms with E-state index in [2.05, 4.69) is 5.32 Å². The second-order valence-electron chi connectivity index (χ2n) is 6.65. The van der Waals surface area contributed by atoms with E-state index in [9.17, 15) is 14.7 Å². The quantitative estimate of drug-likeness (QED) is 0.615. The largest absolute Gasteiger partial charge is 0.480 e. The number of nitrogens with one attached hydrogen (secondary N) is 1. The first-order valence-electron chi connectivity index (χ1n) is 9.32. The molecular formula is C24H23NO4. The highest BCUT2D eigenvalue weighted by Gasteiger charge is 2.34. The van der Waals surface area contributed by atoms with Crippen molar-refractivity contribution in [3.8, 4) is 0 Å². The van der Waals surface area contributed by atoms with Gasteiger partial charge in [-0.2, -0.15) is 0 Å². The molecule has 29 heavy (non-hydrogen) atoms. The van der Waals surface area contributed by atoms with Crippen LogP contribution in [0.4, 0.5) is 0 Å². The van der Waals surface area contributed by atoms with Gasteiger partial charge in [0.1, 0.15) is 6.04 Å². The predicted octanol–water partition coefficient (Wildman–Crippen LogP) is 3.78. The number of carbonyl (C=O) groups excluding carboxylic acids is 1. The minimum atomic E-state index is -1.16. The molecule has 1 amide bonds. The number of hydrogen-bond donors (Lipinski definition) is 2. The minimum Gasteiger partial charge on any atom is -0.480 e. The van der Waals surface area contributed by atoms with Crippen LogP contribution < -0.4 is 5.32 Å². The summed E-state index contributed by atoms with van der Waals surface area (Å²) in [5, 5.41) is 12.7. The van der Waals surface area contributed by atoms with Gasteiger partial charge in [0.2, 0.25) is 0 Å². The molecule has 0 radical (unpaired) electrons. The van der Waals surface area contributed by atoms with Crippen molar-refractivity contribution in [1.82, 2.24) is 5.32 Å². The number of carboxylic acids is 1. The number of aliphatic carboxylic acids is 1. The molecule has 3 aromatic rings. The van der Waals surface area contributed by atoms with E-state index in [-0.39, 0.29) is 0 Å². The van der Waals surface area contributed by atoms with Crippen molar-refractivity contribution in [3.63, 3.8) is 0 Å². The SMILES string of the molecule is CO[C@H](C(=O)N[C@H](C(=O)O)C(c1ccccc1)c1ccccc1)c1ccccc1. The van der Waals surface area contributed by atoms with Crippen LogP contribution in [-0.2, 0) is 14.3 Å². The second-order valence-corrected chi connectivity index (χ2v) is 6.65. The number of rotatable bonds is 8. The van der Waals surface area contributed by atoms with E-state index < -0.39 is 29.9 Å². The third-order valence-electron chi connectivity index (χ3n) is 4.79. The minimum absolute atomic E-state index is 0.497. The summed E-state index contributed by atoms with van der Waals surface area (Å²) in [6, 6.07) is 26.5. The number of carboxylic acid groups (broad SMARTS) is 1. The Hall–Kier alpha value is -3.44. The van der Waals surface area contributed by atoms with Gasteiger partial charge < -0.3 is 15.2 Å². The first-order valence-corrected chi connectivity index (χ1v) is 9.32. The van der Waals surface area contributed by atoms with E-state index in [1.54, 1.807) is 24.3 Å². The van der Waals surface area contributed by atoms with Crippen molar-refractivity contribution in [1.29, 1.82) is 0 Å². The van der Waals surface area contributed by atoms with E-state index in [1.165, 1.54) is 7.11 Å². The number of amides is 1. The van der Waals surface area contributed by atoms with Crippen LogP contribution in [0.15, 0.2) is 91.0 Å². The molecule has 0 saturated heterocycles. The molecule has 0 aliphatic heterocycles. The van der Waals surface area contributed by atoms with Gasteiger partial charge in [-0.3, -0.25) is 4.79 Å². The summed E-state index contributed by atoms with van der Waals surface area (Å²) in [5.41, 5.74) is 2.27. The van der Waals surface area contributed by atoms with Crippen molar-refractivity contribution < 1.29 is 19.4 Å². The number of ether oxygens (including phenoxy) is 1. The predicted molar refractivity (Wildman–Crippen MR) is 110 cm³/mol. The molecular weight excluding hydrogens is 366 g/mol. The van der Waals surface area contributed by atoms with Crippen LogP contribution in [0.25, 0.3) is 0 Å². The van der Waals surface area contributed by atoms with Crippen LogP contribution in [0, 0.1) is 0 Å². The number of carbonyl (C=O) groups is 2. The van der Waals surface area contributed by atoms with Gasteiger partial charge in [0.25, 0.3) is 5.91 Å². The summed E-state index contributed by atoms with van der Waals surface area (Å²) in [7, 11) is 1.43. The fourth-order valence-electron chi connectivity index (χ4n) is 3.44. The highest BCUT2D eigenvalue weighted by Crippen LogP contribution is 2.29. The maximum Gasteiger partial charge on any atom is 0.327 e. The Labute approximate surface area is 170 Å². The van der Waals surface area contributed by atoms with Gasteiger partial charge in [0.05, 0.1) is 0 Å². The van der Waals surface area contributed by atoms with Crippen LogP contribution in [-0.4, -0.2) is 30.1 Å². The van der Waals surface area contributed by atoms with Crippen molar-refractivity contribution in [3.05, 3.63) is 108 Å². The highest BCUT2D eigenvalue weighted by molar-refractivity contribution is 5.88. The molecule has 0 aliphatic rings. The van der Waals surface area contributed by atoms with E-state index in [1.807, 2.05) is 66.7 Å². The molecule has 0 fully saturated rings. The molecule has 0 saturated carbocycles. The summed E-state index contributed by atoms with van der Waals surface area (Å²) in [4.78, 5) is 25.2. The van der Waals surface area contributed by atoms with E-state index in [0.717, 1.165) is 11.1 Å². The van der Waals surface area contributed by atoms with Crippen LogP contribution in [0.3, 0.4) is 0 Å². The van der Waals surface area contributed by atoms with Gasteiger partial charge in [-0.15, -0.1) is 0 Å². The Kier molecular flexibility index (Phi) is 6.76. The zero-order chi connectivity index (χ0) is 20.6. The van der Waals surface area contributed by atoms with Gasteiger partial charge in [-0.1, -0.05) is 91.0 Å². The van der Waals surface area contributed by atoms with Gasteiger partial charge >= 0.3 is 5.97 Å². The van der Waals surface area contributed by atoms with Gasteiger partial charge in [0, 0.05) is 13.0 Å². The molecule has 0 heterocycles. The van der Waals surface area contributed by atoms with E-state index >= 15 is 0 Å². The molecule has 5 heteroatoms. The maximum absolute atomic E-state index is 13.0. The van der Waals surface area contributed by atoms with Crippen molar-refractivity contribution in [2.75, 3.05) is 7.11 Å². The summed E-state index contributed by atoms with van der Waals surface area (Å²) < 4.78 is 5.36. The molecule has 2 N–H and O–H groups in total. The molecule has 148 valence electrons. The maximum atomic E-state index is 13.0. The van der Waals surface area contributed by atoms with Crippen LogP contribution >= 0.6 is 0 Å². The first-order chi connectivity index (χ1) is 14.1.